The Morgan fingerprint density at radius 3 is 2.61 bits per heavy atom. The number of hydrogen-bond acceptors (Lipinski definition) is 4. The average Bonchev–Trinajstić information content (AvgIpc) is 2.40. The first kappa shape index (κ1) is 12.1. The SMILES string of the molecule is NCc1ccccc1Nc1ccc(C(N)=O)cn1. The van der Waals surface area contributed by atoms with E-state index in [0.29, 0.717) is 17.9 Å². The lowest BCUT2D eigenvalue weighted by molar-refractivity contribution is 0.1000. The molecule has 0 spiro atoms. The minimum Gasteiger partial charge on any atom is -0.366 e. The second-order valence-electron chi connectivity index (χ2n) is 3.78. The van der Waals surface area contributed by atoms with Gasteiger partial charge in [0.1, 0.15) is 5.82 Å². The van der Waals surface area contributed by atoms with Crippen LogP contribution >= 0.6 is 0 Å². The summed E-state index contributed by atoms with van der Waals surface area (Å²) in [6.45, 7) is 0.447. The summed E-state index contributed by atoms with van der Waals surface area (Å²) in [5.41, 5.74) is 13.1. The first-order valence-corrected chi connectivity index (χ1v) is 5.51. The molecule has 0 unspecified atom stereocenters. The number of aromatic nitrogens is 1. The van der Waals surface area contributed by atoms with E-state index < -0.39 is 5.91 Å². The highest BCUT2D eigenvalue weighted by molar-refractivity contribution is 5.92. The molecule has 5 N–H and O–H groups in total. The number of pyridine rings is 1. The fraction of sp³-hybridized carbons (Fsp3) is 0.0769. The molecule has 1 aromatic carbocycles. The summed E-state index contributed by atoms with van der Waals surface area (Å²) >= 11 is 0. The topological polar surface area (TPSA) is 94.0 Å². The van der Waals surface area contributed by atoms with Crippen LogP contribution in [0.4, 0.5) is 11.5 Å². The molecule has 0 bridgehead atoms. The molecule has 0 aliphatic rings. The standard InChI is InChI=1S/C13H14N4O/c14-7-9-3-1-2-4-11(9)17-12-6-5-10(8-16-12)13(15)18/h1-6,8H,7,14H2,(H2,15,18)(H,16,17). The van der Waals surface area contributed by atoms with Crippen LogP contribution in [0.2, 0.25) is 0 Å². The van der Waals surface area contributed by atoms with E-state index in [1.807, 2.05) is 24.3 Å². The minimum absolute atomic E-state index is 0.382. The van der Waals surface area contributed by atoms with Crippen molar-refractivity contribution in [3.05, 3.63) is 53.7 Å². The number of anilines is 2. The monoisotopic (exact) mass is 242 g/mol. The van der Waals surface area contributed by atoms with Gasteiger partial charge in [-0.3, -0.25) is 4.79 Å². The van der Waals surface area contributed by atoms with Crippen molar-refractivity contribution >= 4 is 17.4 Å². The van der Waals surface area contributed by atoms with Crippen LogP contribution in [0.5, 0.6) is 0 Å². The summed E-state index contributed by atoms with van der Waals surface area (Å²) < 4.78 is 0. The first-order chi connectivity index (χ1) is 8.70. The number of carbonyl (C=O) groups is 1. The summed E-state index contributed by atoms with van der Waals surface area (Å²) in [5, 5.41) is 3.15. The largest absolute Gasteiger partial charge is 0.366 e. The summed E-state index contributed by atoms with van der Waals surface area (Å²) in [6, 6.07) is 11.0. The van der Waals surface area contributed by atoms with E-state index >= 15 is 0 Å². The van der Waals surface area contributed by atoms with Crippen molar-refractivity contribution in [1.82, 2.24) is 4.98 Å². The van der Waals surface area contributed by atoms with Crippen molar-refractivity contribution in [2.45, 2.75) is 6.54 Å². The Bertz CT molecular complexity index is 551. The van der Waals surface area contributed by atoms with Crippen molar-refractivity contribution in [2.75, 3.05) is 5.32 Å². The number of para-hydroxylation sites is 1. The fourth-order valence-electron chi connectivity index (χ4n) is 1.57. The van der Waals surface area contributed by atoms with Gasteiger partial charge < -0.3 is 16.8 Å². The number of benzene rings is 1. The molecule has 1 amide bonds. The van der Waals surface area contributed by atoms with Gasteiger partial charge in [0.15, 0.2) is 0 Å². The number of carbonyl (C=O) groups excluding carboxylic acids is 1. The Morgan fingerprint density at radius 1 is 1.22 bits per heavy atom. The zero-order chi connectivity index (χ0) is 13.0. The Morgan fingerprint density at radius 2 is 2.00 bits per heavy atom. The van der Waals surface area contributed by atoms with Crippen molar-refractivity contribution in [1.29, 1.82) is 0 Å². The molecule has 2 aromatic rings. The lowest BCUT2D eigenvalue weighted by atomic mass is 10.2. The predicted octanol–water partition coefficient (Wildman–Crippen LogP) is 1.38. The lowest BCUT2D eigenvalue weighted by Gasteiger charge is -2.09. The Hall–Kier alpha value is -2.40. The normalized spacial score (nSPS) is 10.1. The summed E-state index contributed by atoms with van der Waals surface area (Å²) in [5.74, 6) is 0.150. The molecule has 5 heteroatoms. The second kappa shape index (κ2) is 5.29. The molecule has 0 aliphatic carbocycles. The molecule has 92 valence electrons. The van der Waals surface area contributed by atoms with Gasteiger partial charge in [-0.2, -0.15) is 0 Å². The molecular weight excluding hydrogens is 228 g/mol. The van der Waals surface area contributed by atoms with Crippen LogP contribution in [0, 0.1) is 0 Å². The van der Waals surface area contributed by atoms with Crippen LogP contribution in [0.3, 0.4) is 0 Å². The maximum atomic E-state index is 10.9. The van der Waals surface area contributed by atoms with E-state index in [9.17, 15) is 4.79 Å². The third-order valence-electron chi connectivity index (χ3n) is 2.55. The van der Waals surface area contributed by atoms with Crippen molar-refractivity contribution < 1.29 is 4.79 Å². The van der Waals surface area contributed by atoms with Crippen LogP contribution in [-0.2, 0) is 6.54 Å². The van der Waals surface area contributed by atoms with Crippen LogP contribution < -0.4 is 16.8 Å². The smallest absolute Gasteiger partial charge is 0.250 e. The molecule has 18 heavy (non-hydrogen) atoms. The molecule has 5 nitrogen and oxygen atoms in total. The second-order valence-corrected chi connectivity index (χ2v) is 3.78. The molecule has 0 saturated carbocycles. The van der Waals surface area contributed by atoms with E-state index in [4.69, 9.17) is 11.5 Å². The van der Waals surface area contributed by atoms with Gasteiger partial charge in [-0.25, -0.2) is 4.98 Å². The van der Waals surface area contributed by atoms with E-state index in [-0.39, 0.29) is 0 Å². The van der Waals surface area contributed by atoms with E-state index in [2.05, 4.69) is 10.3 Å². The quantitative estimate of drug-likeness (QED) is 0.755. The molecule has 0 radical (unpaired) electrons. The molecule has 1 aromatic heterocycles. The van der Waals surface area contributed by atoms with Crippen LogP contribution in [0.15, 0.2) is 42.6 Å². The summed E-state index contributed by atoms with van der Waals surface area (Å²) in [7, 11) is 0. The van der Waals surface area contributed by atoms with Crippen LogP contribution in [0.25, 0.3) is 0 Å². The Labute approximate surface area is 105 Å². The van der Waals surface area contributed by atoms with Gasteiger partial charge >= 0.3 is 0 Å². The van der Waals surface area contributed by atoms with Gasteiger partial charge in [0.05, 0.1) is 5.56 Å². The summed E-state index contributed by atoms with van der Waals surface area (Å²) in [6.07, 6.45) is 1.44. The maximum Gasteiger partial charge on any atom is 0.250 e. The Kier molecular flexibility index (Phi) is 3.54. The average molecular weight is 242 g/mol. The minimum atomic E-state index is -0.489. The van der Waals surface area contributed by atoms with Gasteiger partial charge in [0.2, 0.25) is 5.91 Å². The maximum absolute atomic E-state index is 10.9. The highest BCUT2D eigenvalue weighted by Gasteiger charge is 2.03. The highest BCUT2D eigenvalue weighted by Crippen LogP contribution is 2.18. The molecular formula is C13H14N4O. The predicted molar refractivity (Wildman–Crippen MR) is 70.4 cm³/mol. The molecule has 1 heterocycles. The highest BCUT2D eigenvalue weighted by atomic mass is 16.1. The number of rotatable bonds is 4. The van der Waals surface area contributed by atoms with Crippen molar-refractivity contribution in [2.24, 2.45) is 11.5 Å². The van der Waals surface area contributed by atoms with Gasteiger partial charge in [0, 0.05) is 18.4 Å². The number of amides is 1. The lowest BCUT2D eigenvalue weighted by Crippen LogP contribution is -2.11. The van der Waals surface area contributed by atoms with E-state index in [1.54, 1.807) is 12.1 Å². The molecule has 0 aliphatic heterocycles. The van der Waals surface area contributed by atoms with E-state index in [1.165, 1.54) is 6.20 Å². The molecule has 0 saturated heterocycles. The number of primary amides is 1. The number of nitrogens with two attached hydrogens (primary N) is 2. The first-order valence-electron chi connectivity index (χ1n) is 5.51. The summed E-state index contributed by atoms with van der Waals surface area (Å²) in [4.78, 5) is 15.0. The van der Waals surface area contributed by atoms with Gasteiger partial charge in [-0.1, -0.05) is 18.2 Å². The van der Waals surface area contributed by atoms with Gasteiger partial charge in [0.25, 0.3) is 0 Å². The van der Waals surface area contributed by atoms with Gasteiger partial charge in [-0.15, -0.1) is 0 Å². The number of nitrogens with zero attached hydrogens (tertiary/aromatic N) is 1. The zero-order valence-corrected chi connectivity index (χ0v) is 9.76. The third kappa shape index (κ3) is 2.64. The Balaban J connectivity index is 2.21. The van der Waals surface area contributed by atoms with Crippen LogP contribution in [0.1, 0.15) is 15.9 Å². The number of nitrogens with one attached hydrogen (secondary N) is 1. The van der Waals surface area contributed by atoms with Crippen LogP contribution in [-0.4, -0.2) is 10.9 Å². The molecule has 0 fully saturated rings. The molecule has 2 rings (SSSR count). The van der Waals surface area contributed by atoms with E-state index in [0.717, 1.165) is 11.3 Å². The zero-order valence-electron chi connectivity index (χ0n) is 9.76. The van der Waals surface area contributed by atoms with Crippen molar-refractivity contribution in [3.8, 4) is 0 Å². The molecule has 0 atom stereocenters. The third-order valence-corrected chi connectivity index (χ3v) is 2.55. The fourth-order valence-corrected chi connectivity index (χ4v) is 1.57. The van der Waals surface area contributed by atoms with Gasteiger partial charge in [-0.05, 0) is 23.8 Å². The number of hydrogen-bond donors (Lipinski definition) is 3. The van der Waals surface area contributed by atoms with Crippen molar-refractivity contribution in [3.63, 3.8) is 0 Å².